The second kappa shape index (κ2) is 7.63. The Balaban J connectivity index is 1.69. The van der Waals surface area contributed by atoms with Gasteiger partial charge in [0.15, 0.2) is 0 Å². The molecule has 3 rings (SSSR count). The molecule has 9 heteroatoms. The number of benzene rings is 2. The molecule has 1 aromatic heterocycles. The van der Waals surface area contributed by atoms with Gasteiger partial charge < -0.3 is 0 Å². The molecular weight excluding hydrogens is 371 g/mol. The first-order chi connectivity index (χ1) is 13.3. The molecule has 2 amide bonds. The van der Waals surface area contributed by atoms with E-state index in [0.717, 1.165) is 29.0 Å². The van der Waals surface area contributed by atoms with Crippen LogP contribution >= 0.6 is 0 Å². The Kier molecular flexibility index (Phi) is 5.25. The zero-order valence-electron chi connectivity index (χ0n) is 15.1. The molecule has 0 spiro atoms. The maximum Gasteiger partial charge on any atom is 0.416 e. The van der Waals surface area contributed by atoms with Gasteiger partial charge in [0.25, 0.3) is 0 Å². The summed E-state index contributed by atoms with van der Waals surface area (Å²) in [6.45, 7) is 1.84. The molecule has 0 aliphatic rings. The average Bonchev–Trinajstić information content (AvgIpc) is 2.93. The number of aryl methyl sites for hydroxylation is 2. The van der Waals surface area contributed by atoms with Crippen molar-refractivity contribution in [2.45, 2.75) is 13.1 Å². The van der Waals surface area contributed by atoms with Crippen LogP contribution in [0.3, 0.4) is 0 Å². The highest BCUT2D eigenvalue weighted by molar-refractivity contribution is 5.94. The van der Waals surface area contributed by atoms with Gasteiger partial charge in [0.05, 0.1) is 16.9 Å². The van der Waals surface area contributed by atoms with Crippen LogP contribution in [-0.2, 0) is 13.2 Å². The molecule has 0 aliphatic heterocycles. The van der Waals surface area contributed by atoms with Gasteiger partial charge in [-0.25, -0.2) is 4.79 Å². The fourth-order valence-corrected chi connectivity index (χ4v) is 2.76. The number of alkyl halides is 3. The number of carbonyl (C=O) groups is 1. The number of halogens is 3. The molecule has 0 aliphatic carbocycles. The van der Waals surface area contributed by atoms with Crippen LogP contribution in [0.4, 0.5) is 29.5 Å². The van der Waals surface area contributed by atoms with Crippen molar-refractivity contribution < 1.29 is 18.0 Å². The first-order valence-electron chi connectivity index (χ1n) is 8.35. The van der Waals surface area contributed by atoms with Crippen molar-refractivity contribution >= 4 is 17.5 Å². The van der Waals surface area contributed by atoms with E-state index in [1.165, 1.54) is 12.1 Å². The van der Waals surface area contributed by atoms with Crippen molar-refractivity contribution in [1.29, 1.82) is 0 Å². The SMILES string of the molecule is Cc1nn(C)c(NC(=O)NNc2ccc(C(F)(F)F)cc2)c1-c1ccccc1. The maximum absolute atomic E-state index is 12.6. The fraction of sp³-hybridized carbons (Fsp3) is 0.158. The highest BCUT2D eigenvalue weighted by Crippen LogP contribution is 2.31. The highest BCUT2D eigenvalue weighted by atomic mass is 19.4. The fourth-order valence-electron chi connectivity index (χ4n) is 2.76. The minimum atomic E-state index is -4.41. The monoisotopic (exact) mass is 389 g/mol. The Morgan fingerprint density at radius 3 is 2.29 bits per heavy atom. The number of carbonyl (C=O) groups excluding carboxylic acids is 1. The van der Waals surface area contributed by atoms with Crippen molar-refractivity contribution in [2.24, 2.45) is 7.05 Å². The number of rotatable bonds is 4. The molecule has 0 bridgehead atoms. The van der Waals surface area contributed by atoms with Crippen molar-refractivity contribution in [3.63, 3.8) is 0 Å². The predicted molar refractivity (Wildman–Crippen MR) is 101 cm³/mol. The van der Waals surface area contributed by atoms with Gasteiger partial charge in [-0.05, 0) is 36.8 Å². The summed E-state index contributed by atoms with van der Waals surface area (Å²) in [6.07, 6.45) is -4.41. The standard InChI is InChI=1S/C19H18F3N5O/c1-12-16(13-6-4-3-5-7-13)17(27(2)26-12)23-18(28)25-24-15-10-8-14(9-11-15)19(20,21)22/h3-11,24H,1-2H3,(H2,23,25,28). The summed E-state index contributed by atoms with van der Waals surface area (Å²) in [7, 11) is 1.71. The number of hydrazine groups is 1. The molecule has 146 valence electrons. The van der Waals surface area contributed by atoms with E-state index in [0.29, 0.717) is 11.5 Å². The zero-order chi connectivity index (χ0) is 20.3. The first-order valence-corrected chi connectivity index (χ1v) is 8.35. The Hall–Kier alpha value is -3.49. The Morgan fingerprint density at radius 1 is 1.04 bits per heavy atom. The van der Waals surface area contributed by atoms with Gasteiger partial charge in [-0.2, -0.15) is 18.3 Å². The van der Waals surface area contributed by atoms with Crippen LogP contribution in [0.1, 0.15) is 11.3 Å². The topological polar surface area (TPSA) is 71.0 Å². The molecule has 0 saturated heterocycles. The number of nitrogens with one attached hydrogen (secondary N) is 3. The summed E-state index contributed by atoms with van der Waals surface area (Å²) in [6, 6.07) is 13.2. The van der Waals surface area contributed by atoms with Crippen LogP contribution in [0.25, 0.3) is 11.1 Å². The lowest BCUT2D eigenvalue weighted by Gasteiger charge is -2.13. The lowest BCUT2D eigenvalue weighted by molar-refractivity contribution is -0.137. The van der Waals surface area contributed by atoms with Gasteiger partial charge in [-0.3, -0.25) is 20.9 Å². The number of urea groups is 1. The van der Waals surface area contributed by atoms with E-state index in [9.17, 15) is 18.0 Å². The number of amides is 2. The molecule has 1 heterocycles. The van der Waals surface area contributed by atoms with Crippen molar-refractivity contribution in [3.05, 3.63) is 65.9 Å². The van der Waals surface area contributed by atoms with Crippen LogP contribution < -0.4 is 16.2 Å². The number of nitrogens with zero attached hydrogens (tertiary/aromatic N) is 2. The zero-order valence-corrected chi connectivity index (χ0v) is 15.1. The van der Waals surface area contributed by atoms with Crippen molar-refractivity contribution in [1.82, 2.24) is 15.2 Å². The third-order valence-corrected chi connectivity index (χ3v) is 4.05. The molecule has 0 atom stereocenters. The molecular formula is C19H18F3N5O. The van der Waals surface area contributed by atoms with E-state index in [1.807, 2.05) is 37.3 Å². The van der Waals surface area contributed by atoms with Crippen LogP contribution in [-0.4, -0.2) is 15.8 Å². The van der Waals surface area contributed by atoms with Gasteiger partial charge in [0.1, 0.15) is 5.82 Å². The molecule has 2 aromatic carbocycles. The minimum Gasteiger partial charge on any atom is -0.297 e. The van der Waals surface area contributed by atoms with Crippen molar-refractivity contribution in [2.75, 3.05) is 10.7 Å². The third kappa shape index (κ3) is 4.25. The Labute approximate surface area is 159 Å². The molecule has 0 saturated carbocycles. The molecule has 3 N–H and O–H groups in total. The summed E-state index contributed by atoms with van der Waals surface area (Å²) in [5.74, 6) is 0.496. The third-order valence-electron chi connectivity index (χ3n) is 4.05. The predicted octanol–water partition coefficient (Wildman–Crippen LogP) is 4.56. The van der Waals surface area contributed by atoms with Gasteiger partial charge in [0.2, 0.25) is 0 Å². The normalized spacial score (nSPS) is 11.2. The van der Waals surface area contributed by atoms with E-state index in [4.69, 9.17) is 0 Å². The van der Waals surface area contributed by atoms with E-state index in [1.54, 1.807) is 11.7 Å². The second-order valence-electron chi connectivity index (χ2n) is 6.08. The van der Waals surface area contributed by atoms with Crippen LogP contribution in [0.2, 0.25) is 0 Å². The number of hydrogen-bond acceptors (Lipinski definition) is 3. The molecule has 28 heavy (non-hydrogen) atoms. The molecule has 0 unspecified atom stereocenters. The van der Waals surface area contributed by atoms with Gasteiger partial charge in [-0.1, -0.05) is 30.3 Å². The molecule has 3 aromatic rings. The summed E-state index contributed by atoms with van der Waals surface area (Å²) in [4.78, 5) is 12.3. The summed E-state index contributed by atoms with van der Waals surface area (Å²) in [5, 5.41) is 7.05. The lowest BCUT2D eigenvalue weighted by atomic mass is 10.1. The lowest BCUT2D eigenvalue weighted by Crippen LogP contribution is -2.34. The van der Waals surface area contributed by atoms with Gasteiger partial charge in [0, 0.05) is 12.6 Å². The van der Waals surface area contributed by atoms with Crippen LogP contribution in [0, 0.1) is 6.92 Å². The maximum atomic E-state index is 12.6. The summed E-state index contributed by atoms with van der Waals surface area (Å²) in [5.41, 5.74) is 6.95. The van der Waals surface area contributed by atoms with Gasteiger partial charge >= 0.3 is 12.2 Å². The highest BCUT2D eigenvalue weighted by Gasteiger charge is 2.29. The minimum absolute atomic E-state index is 0.313. The largest absolute Gasteiger partial charge is 0.416 e. The van der Waals surface area contributed by atoms with E-state index in [-0.39, 0.29) is 0 Å². The van der Waals surface area contributed by atoms with E-state index >= 15 is 0 Å². The summed E-state index contributed by atoms with van der Waals surface area (Å²) >= 11 is 0. The first kappa shape index (κ1) is 19.3. The smallest absolute Gasteiger partial charge is 0.297 e. The molecule has 0 fully saturated rings. The van der Waals surface area contributed by atoms with E-state index < -0.39 is 17.8 Å². The molecule has 6 nitrogen and oxygen atoms in total. The van der Waals surface area contributed by atoms with Crippen LogP contribution in [0.15, 0.2) is 54.6 Å². The average molecular weight is 389 g/mol. The number of anilines is 2. The summed E-state index contributed by atoms with van der Waals surface area (Å²) < 4.78 is 39.3. The second-order valence-corrected chi connectivity index (χ2v) is 6.08. The number of aromatic nitrogens is 2. The molecule has 0 radical (unpaired) electrons. The Morgan fingerprint density at radius 2 is 1.68 bits per heavy atom. The van der Waals surface area contributed by atoms with Crippen molar-refractivity contribution in [3.8, 4) is 11.1 Å². The Bertz CT molecular complexity index is 966. The van der Waals surface area contributed by atoms with E-state index in [2.05, 4.69) is 21.3 Å². The van der Waals surface area contributed by atoms with Gasteiger partial charge in [-0.15, -0.1) is 0 Å². The quantitative estimate of drug-likeness (QED) is 0.573. The van der Waals surface area contributed by atoms with Crippen LogP contribution in [0.5, 0.6) is 0 Å². The number of hydrogen-bond donors (Lipinski definition) is 3.